The summed E-state index contributed by atoms with van der Waals surface area (Å²) in [4.78, 5) is 16.3. The van der Waals surface area contributed by atoms with Crippen LogP contribution in [0.15, 0.2) is 6.33 Å². The van der Waals surface area contributed by atoms with Gasteiger partial charge in [0.15, 0.2) is 0 Å². The van der Waals surface area contributed by atoms with Crippen LogP contribution in [0.1, 0.15) is 44.5 Å². The number of imidazole rings is 1. The van der Waals surface area contributed by atoms with Gasteiger partial charge in [-0.2, -0.15) is 0 Å². The summed E-state index contributed by atoms with van der Waals surface area (Å²) in [6.07, 6.45) is 7.32. The number of rotatable bonds is 6. The number of nitrogens with one attached hydrogen (secondary N) is 1. The van der Waals surface area contributed by atoms with E-state index in [0.29, 0.717) is 0 Å². The molecule has 0 radical (unpaired) electrons. The molecule has 0 saturated heterocycles. The van der Waals surface area contributed by atoms with Gasteiger partial charge in [0.05, 0.1) is 19.1 Å². The van der Waals surface area contributed by atoms with Gasteiger partial charge in [-0.3, -0.25) is 4.79 Å². The first-order valence-electron chi connectivity index (χ1n) is 7.48. The van der Waals surface area contributed by atoms with Crippen LogP contribution in [-0.4, -0.2) is 34.7 Å². The quantitative estimate of drug-likeness (QED) is 0.805. The Morgan fingerprint density at radius 2 is 2.20 bits per heavy atom. The molecule has 0 saturated carbocycles. The Morgan fingerprint density at radius 1 is 1.45 bits per heavy atom. The Kier molecular flexibility index (Phi) is 5.17. The number of nitrogens with zero attached hydrogens (tertiary/aromatic N) is 2. The molecule has 0 fully saturated rings. The average Bonchev–Trinajstić information content (AvgIpc) is 2.85. The fourth-order valence-electron chi connectivity index (χ4n) is 2.81. The molecular formula is C15H25N3O2. The molecule has 1 aromatic heterocycles. The number of esters is 1. The summed E-state index contributed by atoms with van der Waals surface area (Å²) in [6.45, 7) is 4.88. The van der Waals surface area contributed by atoms with E-state index < -0.39 is 0 Å². The zero-order valence-corrected chi connectivity index (χ0v) is 12.7. The van der Waals surface area contributed by atoms with Gasteiger partial charge < -0.3 is 14.6 Å². The van der Waals surface area contributed by atoms with Crippen molar-refractivity contribution in [3.05, 3.63) is 17.7 Å². The highest BCUT2D eigenvalue weighted by atomic mass is 16.5. The molecule has 112 valence electrons. The molecule has 0 aliphatic heterocycles. The second-order valence-corrected chi connectivity index (χ2v) is 5.72. The van der Waals surface area contributed by atoms with Gasteiger partial charge in [-0.25, -0.2) is 4.98 Å². The van der Waals surface area contributed by atoms with E-state index in [4.69, 9.17) is 4.74 Å². The van der Waals surface area contributed by atoms with Crippen molar-refractivity contribution in [1.82, 2.24) is 14.9 Å². The summed E-state index contributed by atoms with van der Waals surface area (Å²) in [5.74, 6) is -0.187. The van der Waals surface area contributed by atoms with Gasteiger partial charge in [0, 0.05) is 18.3 Å². The van der Waals surface area contributed by atoms with Crippen molar-refractivity contribution in [3.63, 3.8) is 0 Å². The molecule has 0 spiro atoms. The number of fused-ring (bicyclic) bond motifs is 1. The zero-order valence-electron chi connectivity index (χ0n) is 12.7. The van der Waals surface area contributed by atoms with Gasteiger partial charge in [-0.15, -0.1) is 0 Å². The molecule has 2 rings (SSSR count). The Morgan fingerprint density at radius 3 is 2.90 bits per heavy atom. The van der Waals surface area contributed by atoms with Crippen molar-refractivity contribution in [1.29, 1.82) is 0 Å². The maximum absolute atomic E-state index is 11.8. The van der Waals surface area contributed by atoms with E-state index in [1.54, 1.807) is 0 Å². The number of hydrogen-bond acceptors (Lipinski definition) is 4. The average molecular weight is 279 g/mol. The molecular weight excluding hydrogens is 254 g/mol. The predicted octanol–water partition coefficient (Wildman–Crippen LogP) is 1.69. The van der Waals surface area contributed by atoms with Crippen LogP contribution in [-0.2, 0) is 28.9 Å². The smallest absolute Gasteiger partial charge is 0.322 e. The van der Waals surface area contributed by atoms with E-state index in [0.717, 1.165) is 25.8 Å². The number of carbonyl (C=O) groups excluding carboxylic acids is 1. The molecule has 1 aliphatic rings. The molecule has 0 amide bonds. The van der Waals surface area contributed by atoms with E-state index in [9.17, 15) is 4.79 Å². The first-order chi connectivity index (χ1) is 9.61. The van der Waals surface area contributed by atoms with Crippen LogP contribution < -0.4 is 5.32 Å². The van der Waals surface area contributed by atoms with Crippen LogP contribution in [0.3, 0.4) is 0 Å². The van der Waals surface area contributed by atoms with Crippen LogP contribution in [0.4, 0.5) is 0 Å². The summed E-state index contributed by atoms with van der Waals surface area (Å²) in [5.41, 5.74) is 2.59. The van der Waals surface area contributed by atoms with Crippen molar-refractivity contribution in [2.45, 2.75) is 64.6 Å². The number of hydrogen-bond donors (Lipinski definition) is 1. The van der Waals surface area contributed by atoms with Crippen molar-refractivity contribution in [3.8, 4) is 0 Å². The van der Waals surface area contributed by atoms with Crippen LogP contribution in [0, 0.1) is 0 Å². The summed E-state index contributed by atoms with van der Waals surface area (Å²) in [5, 5.41) is 3.26. The lowest BCUT2D eigenvalue weighted by molar-refractivity contribution is -0.143. The van der Waals surface area contributed by atoms with Gasteiger partial charge in [-0.05, 0) is 32.1 Å². The van der Waals surface area contributed by atoms with Crippen LogP contribution in [0.5, 0.6) is 0 Å². The minimum atomic E-state index is -0.248. The van der Waals surface area contributed by atoms with Gasteiger partial charge >= 0.3 is 5.97 Å². The standard InChI is InChI=1S/C15H25N3O2/c1-11(2)17-13(15(19)20-3)8-9-18-10-16-12-6-4-5-7-14(12)18/h10-11,13,17H,4-9H2,1-3H3. The summed E-state index contributed by atoms with van der Waals surface area (Å²) in [7, 11) is 1.44. The molecule has 1 aromatic rings. The lowest BCUT2D eigenvalue weighted by atomic mass is 10.0. The third kappa shape index (κ3) is 3.60. The fourth-order valence-corrected chi connectivity index (χ4v) is 2.81. The van der Waals surface area contributed by atoms with Crippen molar-refractivity contribution in [2.75, 3.05) is 7.11 Å². The highest BCUT2D eigenvalue weighted by Gasteiger charge is 2.21. The van der Waals surface area contributed by atoms with Gasteiger partial charge in [0.1, 0.15) is 6.04 Å². The lowest BCUT2D eigenvalue weighted by Crippen LogP contribution is -2.42. The minimum Gasteiger partial charge on any atom is -0.468 e. The summed E-state index contributed by atoms with van der Waals surface area (Å²) < 4.78 is 7.07. The van der Waals surface area contributed by atoms with E-state index in [2.05, 4.69) is 14.9 Å². The molecule has 1 N–H and O–H groups in total. The molecule has 0 bridgehead atoms. The Labute approximate surface area is 120 Å². The maximum atomic E-state index is 11.8. The number of methoxy groups -OCH3 is 1. The van der Waals surface area contributed by atoms with Gasteiger partial charge in [-0.1, -0.05) is 13.8 Å². The zero-order chi connectivity index (χ0) is 14.5. The first-order valence-corrected chi connectivity index (χ1v) is 7.48. The van der Waals surface area contributed by atoms with Gasteiger partial charge in [0.25, 0.3) is 0 Å². The molecule has 1 unspecified atom stereocenters. The minimum absolute atomic E-state index is 0.187. The summed E-state index contributed by atoms with van der Waals surface area (Å²) >= 11 is 0. The third-order valence-electron chi connectivity index (χ3n) is 3.79. The van der Waals surface area contributed by atoms with E-state index in [1.807, 2.05) is 20.2 Å². The van der Waals surface area contributed by atoms with Crippen molar-refractivity contribution < 1.29 is 9.53 Å². The second-order valence-electron chi connectivity index (χ2n) is 5.72. The van der Waals surface area contributed by atoms with Crippen LogP contribution >= 0.6 is 0 Å². The Hall–Kier alpha value is -1.36. The molecule has 5 nitrogen and oxygen atoms in total. The molecule has 1 atom stereocenters. The normalized spacial score (nSPS) is 16.0. The highest BCUT2D eigenvalue weighted by molar-refractivity contribution is 5.75. The van der Waals surface area contributed by atoms with Crippen molar-refractivity contribution >= 4 is 5.97 Å². The number of aryl methyl sites for hydroxylation is 2. The maximum Gasteiger partial charge on any atom is 0.322 e. The Balaban J connectivity index is 1.98. The summed E-state index contributed by atoms with van der Waals surface area (Å²) in [6, 6.07) is 0.0115. The van der Waals surface area contributed by atoms with E-state index in [-0.39, 0.29) is 18.1 Å². The van der Waals surface area contributed by atoms with Crippen LogP contribution in [0.2, 0.25) is 0 Å². The number of ether oxygens (including phenoxy) is 1. The fraction of sp³-hybridized carbons (Fsp3) is 0.733. The molecule has 0 aromatic carbocycles. The van der Waals surface area contributed by atoms with Crippen molar-refractivity contribution in [2.24, 2.45) is 0 Å². The molecule has 1 heterocycles. The monoisotopic (exact) mass is 279 g/mol. The molecule has 20 heavy (non-hydrogen) atoms. The number of aromatic nitrogens is 2. The lowest BCUT2D eigenvalue weighted by Gasteiger charge is -2.20. The topological polar surface area (TPSA) is 56.2 Å². The highest BCUT2D eigenvalue weighted by Crippen LogP contribution is 2.20. The second kappa shape index (κ2) is 6.88. The number of carbonyl (C=O) groups is 1. The third-order valence-corrected chi connectivity index (χ3v) is 3.79. The molecule has 1 aliphatic carbocycles. The SMILES string of the molecule is COC(=O)C(CCn1cnc2c1CCCC2)NC(C)C. The van der Waals surface area contributed by atoms with Crippen LogP contribution in [0.25, 0.3) is 0 Å². The van der Waals surface area contributed by atoms with E-state index in [1.165, 1.54) is 31.3 Å². The predicted molar refractivity (Wildman–Crippen MR) is 77.6 cm³/mol. The largest absolute Gasteiger partial charge is 0.468 e. The Bertz CT molecular complexity index is 454. The van der Waals surface area contributed by atoms with Gasteiger partial charge in [0.2, 0.25) is 0 Å². The first kappa shape index (κ1) is 15.0. The molecule has 5 heteroatoms. The van der Waals surface area contributed by atoms with E-state index >= 15 is 0 Å².